The van der Waals surface area contributed by atoms with E-state index in [4.69, 9.17) is 0 Å². The molecule has 0 bridgehead atoms. The Morgan fingerprint density at radius 3 is 0.542 bits per heavy atom. The molecule has 0 saturated carbocycles. The van der Waals surface area contributed by atoms with Crippen LogP contribution in [0.5, 0.6) is 0 Å². The SMILES string of the molecule is CC.CC.c1ccc2ccccc2c1.c1ccc2ccccc2c1. The molecule has 24 heavy (non-hydrogen) atoms. The van der Waals surface area contributed by atoms with Crippen molar-refractivity contribution in [3.63, 3.8) is 0 Å². The molecule has 0 heteroatoms. The fraction of sp³-hybridized carbons (Fsp3) is 0.167. The largest absolute Gasteiger partial charge is 0.0683 e. The highest BCUT2D eigenvalue weighted by Crippen LogP contribution is 2.11. The molecule has 4 aromatic rings. The van der Waals surface area contributed by atoms with Gasteiger partial charge in [0.2, 0.25) is 0 Å². The molecule has 4 rings (SSSR count). The Bertz CT molecular complexity index is 613. The van der Waals surface area contributed by atoms with Crippen molar-refractivity contribution < 1.29 is 0 Å². The molecular weight excluding hydrogens is 288 g/mol. The van der Waals surface area contributed by atoms with Crippen LogP contribution in [-0.4, -0.2) is 0 Å². The Kier molecular flexibility index (Phi) is 9.64. The maximum atomic E-state index is 2.12. The normalized spacial score (nSPS) is 8.83. The Labute approximate surface area is 146 Å². The van der Waals surface area contributed by atoms with E-state index in [-0.39, 0.29) is 0 Å². The smallest absolute Gasteiger partial charge is 0.0184 e. The van der Waals surface area contributed by atoms with Gasteiger partial charge in [-0.25, -0.2) is 0 Å². The lowest BCUT2D eigenvalue weighted by Crippen LogP contribution is -1.67. The van der Waals surface area contributed by atoms with Gasteiger partial charge in [0.15, 0.2) is 0 Å². The zero-order valence-corrected chi connectivity index (χ0v) is 15.2. The van der Waals surface area contributed by atoms with Crippen LogP contribution in [0.4, 0.5) is 0 Å². The average Bonchev–Trinajstić information content (AvgIpc) is 2.72. The van der Waals surface area contributed by atoms with E-state index in [0.717, 1.165) is 0 Å². The third kappa shape index (κ3) is 5.89. The second kappa shape index (κ2) is 11.9. The lowest BCUT2D eigenvalue weighted by Gasteiger charge is -1.92. The average molecular weight is 316 g/mol. The van der Waals surface area contributed by atoms with Crippen molar-refractivity contribution in [3.8, 4) is 0 Å². The molecule has 0 aliphatic heterocycles. The molecular formula is C24H28. The molecule has 0 unspecified atom stereocenters. The molecule has 0 atom stereocenters. The highest BCUT2D eigenvalue weighted by atomic mass is 13.9. The van der Waals surface area contributed by atoms with E-state index in [9.17, 15) is 0 Å². The van der Waals surface area contributed by atoms with Crippen LogP contribution in [0, 0.1) is 0 Å². The zero-order chi connectivity index (χ0) is 17.6. The van der Waals surface area contributed by atoms with E-state index in [1.165, 1.54) is 21.5 Å². The van der Waals surface area contributed by atoms with Gasteiger partial charge in [0.05, 0.1) is 0 Å². The minimum Gasteiger partial charge on any atom is -0.0683 e. The van der Waals surface area contributed by atoms with Crippen molar-refractivity contribution in [2.45, 2.75) is 27.7 Å². The molecule has 124 valence electrons. The molecule has 0 radical (unpaired) electrons. The third-order valence-corrected chi connectivity index (χ3v) is 3.32. The van der Waals surface area contributed by atoms with Crippen LogP contribution in [0.15, 0.2) is 97.1 Å². The first-order valence-electron chi connectivity index (χ1n) is 8.81. The summed E-state index contributed by atoms with van der Waals surface area (Å²) in [7, 11) is 0. The van der Waals surface area contributed by atoms with Gasteiger partial charge in [0, 0.05) is 0 Å². The highest BCUT2D eigenvalue weighted by molar-refractivity contribution is 5.82. The van der Waals surface area contributed by atoms with Gasteiger partial charge in [-0.2, -0.15) is 0 Å². The molecule has 0 fully saturated rings. The summed E-state index contributed by atoms with van der Waals surface area (Å²) in [5.74, 6) is 0. The van der Waals surface area contributed by atoms with E-state index in [0.29, 0.717) is 0 Å². The topological polar surface area (TPSA) is 0 Å². The highest BCUT2D eigenvalue weighted by Gasteiger charge is 1.86. The summed E-state index contributed by atoms with van der Waals surface area (Å²) in [4.78, 5) is 0. The van der Waals surface area contributed by atoms with Gasteiger partial charge in [-0.05, 0) is 21.5 Å². The van der Waals surface area contributed by atoms with E-state index in [2.05, 4.69) is 97.1 Å². The number of hydrogen-bond donors (Lipinski definition) is 0. The van der Waals surface area contributed by atoms with Gasteiger partial charge < -0.3 is 0 Å². The molecule has 0 aromatic heterocycles. The predicted octanol–water partition coefficient (Wildman–Crippen LogP) is 7.73. The summed E-state index contributed by atoms with van der Waals surface area (Å²) in [6, 6.07) is 33.4. The van der Waals surface area contributed by atoms with Crippen molar-refractivity contribution >= 4 is 21.5 Å². The molecule has 0 N–H and O–H groups in total. The van der Waals surface area contributed by atoms with Crippen molar-refractivity contribution in [1.29, 1.82) is 0 Å². The van der Waals surface area contributed by atoms with Gasteiger partial charge in [0.25, 0.3) is 0 Å². The zero-order valence-electron chi connectivity index (χ0n) is 15.2. The number of benzene rings is 4. The quantitative estimate of drug-likeness (QED) is 0.311. The van der Waals surface area contributed by atoms with Gasteiger partial charge in [-0.1, -0.05) is 125 Å². The lowest BCUT2D eigenvalue weighted by atomic mass is 10.1. The molecule has 0 saturated heterocycles. The molecule has 0 amide bonds. The van der Waals surface area contributed by atoms with E-state index in [1.807, 2.05) is 27.7 Å². The van der Waals surface area contributed by atoms with Crippen molar-refractivity contribution in [2.24, 2.45) is 0 Å². The van der Waals surface area contributed by atoms with Crippen LogP contribution >= 0.6 is 0 Å². The van der Waals surface area contributed by atoms with E-state index in [1.54, 1.807) is 0 Å². The molecule has 0 nitrogen and oxygen atoms in total. The maximum Gasteiger partial charge on any atom is -0.0184 e. The standard InChI is InChI=1S/2C10H8.2C2H6/c2*1-2-6-10-8-4-3-7-9(10)5-1;2*1-2/h2*1-8H;2*1-2H3. The fourth-order valence-electron chi connectivity index (χ4n) is 2.27. The first-order chi connectivity index (χ1) is 11.9. The first kappa shape index (κ1) is 19.4. The summed E-state index contributed by atoms with van der Waals surface area (Å²) in [6.07, 6.45) is 0. The minimum absolute atomic E-state index is 1.31. The van der Waals surface area contributed by atoms with Crippen LogP contribution in [0.2, 0.25) is 0 Å². The predicted molar refractivity (Wildman–Crippen MR) is 111 cm³/mol. The van der Waals surface area contributed by atoms with Crippen molar-refractivity contribution in [3.05, 3.63) is 97.1 Å². The molecule has 0 heterocycles. The molecule has 0 aliphatic carbocycles. The Hall–Kier alpha value is -2.60. The van der Waals surface area contributed by atoms with Gasteiger partial charge in [-0.3, -0.25) is 0 Å². The Balaban J connectivity index is 0.000000199. The van der Waals surface area contributed by atoms with Crippen LogP contribution in [-0.2, 0) is 0 Å². The number of fused-ring (bicyclic) bond motifs is 2. The van der Waals surface area contributed by atoms with E-state index >= 15 is 0 Å². The van der Waals surface area contributed by atoms with Crippen LogP contribution in [0.25, 0.3) is 21.5 Å². The van der Waals surface area contributed by atoms with Gasteiger partial charge in [-0.15, -0.1) is 0 Å². The molecule has 4 aromatic carbocycles. The van der Waals surface area contributed by atoms with Gasteiger partial charge in [0.1, 0.15) is 0 Å². The summed E-state index contributed by atoms with van der Waals surface area (Å²) in [5, 5.41) is 5.24. The summed E-state index contributed by atoms with van der Waals surface area (Å²) >= 11 is 0. The van der Waals surface area contributed by atoms with Crippen LogP contribution in [0.1, 0.15) is 27.7 Å². The Morgan fingerprint density at radius 1 is 0.292 bits per heavy atom. The lowest BCUT2D eigenvalue weighted by molar-refractivity contribution is 1.50. The number of hydrogen-bond acceptors (Lipinski definition) is 0. The number of rotatable bonds is 0. The Morgan fingerprint density at radius 2 is 0.417 bits per heavy atom. The molecule has 0 aliphatic rings. The van der Waals surface area contributed by atoms with Crippen molar-refractivity contribution in [2.75, 3.05) is 0 Å². The second-order valence-corrected chi connectivity index (χ2v) is 4.69. The summed E-state index contributed by atoms with van der Waals surface area (Å²) in [6.45, 7) is 8.00. The first-order valence-corrected chi connectivity index (χ1v) is 8.81. The van der Waals surface area contributed by atoms with Crippen molar-refractivity contribution in [1.82, 2.24) is 0 Å². The molecule has 0 spiro atoms. The third-order valence-electron chi connectivity index (χ3n) is 3.32. The van der Waals surface area contributed by atoms with Crippen LogP contribution in [0.3, 0.4) is 0 Å². The summed E-state index contributed by atoms with van der Waals surface area (Å²) in [5.41, 5.74) is 0. The van der Waals surface area contributed by atoms with E-state index < -0.39 is 0 Å². The summed E-state index contributed by atoms with van der Waals surface area (Å²) < 4.78 is 0. The second-order valence-electron chi connectivity index (χ2n) is 4.69. The monoisotopic (exact) mass is 316 g/mol. The minimum atomic E-state index is 1.31. The fourth-order valence-corrected chi connectivity index (χ4v) is 2.27. The van der Waals surface area contributed by atoms with Crippen LogP contribution < -0.4 is 0 Å². The van der Waals surface area contributed by atoms with Gasteiger partial charge >= 0.3 is 0 Å². The maximum absolute atomic E-state index is 2.12.